The molecule has 0 aliphatic heterocycles. The number of carbonyl (C=O) groups excluding carboxylic acids is 1. The van der Waals surface area contributed by atoms with Crippen molar-refractivity contribution in [3.8, 4) is 0 Å². The van der Waals surface area contributed by atoms with Crippen LogP contribution in [0, 0.1) is 5.92 Å². The minimum Gasteiger partial charge on any atom is -0.469 e. The average Bonchev–Trinajstić information content (AvgIpc) is 1.84. The second-order valence-corrected chi connectivity index (χ2v) is 2.17. The van der Waals surface area contributed by atoms with Crippen molar-refractivity contribution in [2.24, 2.45) is 11.7 Å². The molecule has 0 aromatic heterocycles. The number of carbonyl (C=O) groups is 1. The van der Waals surface area contributed by atoms with Crippen LogP contribution in [0.5, 0.6) is 0 Å². The lowest BCUT2D eigenvalue weighted by molar-refractivity contribution is -0.145. The van der Waals surface area contributed by atoms with Crippen LogP contribution in [0.3, 0.4) is 0 Å². The van der Waals surface area contributed by atoms with Crippen LogP contribution in [0.2, 0.25) is 0 Å². The normalized spacial score (nSPS) is 16.4. The first-order valence-electron chi connectivity index (χ1n) is 2.93. The minimum atomic E-state index is -0.245. The van der Waals surface area contributed by atoms with Gasteiger partial charge in [0.05, 0.1) is 13.0 Å². The molecular formula is C6H13NO2. The van der Waals surface area contributed by atoms with Gasteiger partial charge in [-0.25, -0.2) is 0 Å². The summed E-state index contributed by atoms with van der Waals surface area (Å²) < 4.78 is 4.45. The Kier molecular flexibility index (Phi) is 3.24. The van der Waals surface area contributed by atoms with E-state index >= 15 is 0 Å². The fourth-order valence-electron chi connectivity index (χ4n) is 0.401. The van der Waals surface area contributed by atoms with E-state index in [1.807, 2.05) is 0 Å². The molecule has 0 amide bonds. The predicted molar refractivity (Wildman–Crippen MR) is 34.8 cm³/mol. The lowest BCUT2D eigenvalue weighted by Gasteiger charge is -2.11. The first-order chi connectivity index (χ1) is 4.09. The third-order valence-electron chi connectivity index (χ3n) is 1.36. The van der Waals surface area contributed by atoms with Gasteiger partial charge >= 0.3 is 5.97 Å². The van der Waals surface area contributed by atoms with Crippen LogP contribution in [0.15, 0.2) is 0 Å². The highest BCUT2D eigenvalue weighted by Gasteiger charge is 2.16. The van der Waals surface area contributed by atoms with E-state index in [9.17, 15) is 4.79 Å². The van der Waals surface area contributed by atoms with Gasteiger partial charge in [0.1, 0.15) is 0 Å². The predicted octanol–water partition coefficient (Wildman–Crippen LogP) is 0.143. The van der Waals surface area contributed by atoms with Gasteiger partial charge in [0.2, 0.25) is 0 Å². The quantitative estimate of drug-likeness (QED) is 0.542. The molecule has 54 valence electrons. The molecule has 3 nitrogen and oxygen atoms in total. The van der Waals surface area contributed by atoms with Gasteiger partial charge in [-0.2, -0.15) is 0 Å². The Morgan fingerprint density at radius 3 is 2.11 bits per heavy atom. The zero-order valence-electron chi connectivity index (χ0n) is 6.05. The Morgan fingerprint density at radius 1 is 1.56 bits per heavy atom. The maximum Gasteiger partial charge on any atom is 0.309 e. The number of hydrogen-bond acceptors (Lipinski definition) is 3. The fourth-order valence-corrected chi connectivity index (χ4v) is 0.401. The number of rotatable bonds is 2. The smallest absolute Gasteiger partial charge is 0.309 e. The van der Waals surface area contributed by atoms with Gasteiger partial charge in [-0.1, -0.05) is 6.92 Å². The van der Waals surface area contributed by atoms with Gasteiger partial charge in [-0.05, 0) is 6.92 Å². The highest BCUT2D eigenvalue weighted by Crippen LogP contribution is 2.00. The molecule has 0 unspecified atom stereocenters. The topological polar surface area (TPSA) is 52.3 Å². The van der Waals surface area contributed by atoms with Crippen LogP contribution < -0.4 is 5.73 Å². The number of nitrogens with two attached hydrogens (primary N) is 1. The van der Waals surface area contributed by atoms with E-state index in [4.69, 9.17) is 5.73 Å². The summed E-state index contributed by atoms with van der Waals surface area (Å²) in [5, 5.41) is 0. The Balaban J connectivity index is 3.72. The van der Waals surface area contributed by atoms with Crippen molar-refractivity contribution >= 4 is 5.97 Å². The standard InChI is InChI=1S/C6H13NO2/c1-4(5(2)7)6(8)9-3/h4-5H,7H2,1-3H3/t4-,5+/m0/s1. The summed E-state index contributed by atoms with van der Waals surface area (Å²) in [6.07, 6.45) is 0. The van der Waals surface area contributed by atoms with Crippen LogP contribution in [0.4, 0.5) is 0 Å². The van der Waals surface area contributed by atoms with Gasteiger partial charge < -0.3 is 10.5 Å². The summed E-state index contributed by atoms with van der Waals surface area (Å²) >= 11 is 0. The number of hydrogen-bond donors (Lipinski definition) is 1. The highest BCUT2D eigenvalue weighted by atomic mass is 16.5. The van der Waals surface area contributed by atoms with Crippen molar-refractivity contribution in [3.05, 3.63) is 0 Å². The lowest BCUT2D eigenvalue weighted by atomic mass is 10.1. The van der Waals surface area contributed by atoms with Crippen LogP contribution in [0.1, 0.15) is 13.8 Å². The molecule has 0 radical (unpaired) electrons. The van der Waals surface area contributed by atoms with Gasteiger partial charge in [-0.3, -0.25) is 4.79 Å². The maximum atomic E-state index is 10.7. The fraction of sp³-hybridized carbons (Fsp3) is 0.833. The summed E-state index contributed by atoms with van der Waals surface area (Å²) in [4.78, 5) is 10.7. The van der Waals surface area contributed by atoms with Crippen molar-refractivity contribution < 1.29 is 9.53 Å². The number of esters is 1. The van der Waals surface area contributed by atoms with Crippen molar-refractivity contribution in [2.45, 2.75) is 19.9 Å². The second kappa shape index (κ2) is 3.45. The third-order valence-corrected chi connectivity index (χ3v) is 1.36. The van der Waals surface area contributed by atoms with E-state index in [-0.39, 0.29) is 17.9 Å². The average molecular weight is 131 g/mol. The van der Waals surface area contributed by atoms with Gasteiger partial charge in [0, 0.05) is 6.04 Å². The first-order valence-corrected chi connectivity index (χ1v) is 2.93. The summed E-state index contributed by atoms with van der Waals surface area (Å²) in [7, 11) is 1.36. The summed E-state index contributed by atoms with van der Waals surface area (Å²) in [5.74, 6) is -0.444. The molecule has 0 heterocycles. The molecule has 0 saturated carbocycles. The summed E-state index contributed by atoms with van der Waals surface area (Å²) in [6, 6.07) is -0.127. The van der Waals surface area contributed by atoms with Crippen LogP contribution in [-0.2, 0) is 9.53 Å². The third kappa shape index (κ3) is 2.46. The van der Waals surface area contributed by atoms with E-state index in [1.165, 1.54) is 7.11 Å². The largest absolute Gasteiger partial charge is 0.469 e. The first kappa shape index (κ1) is 8.43. The molecule has 2 atom stereocenters. The molecule has 0 fully saturated rings. The molecule has 0 saturated heterocycles. The van der Waals surface area contributed by atoms with Crippen molar-refractivity contribution in [1.82, 2.24) is 0 Å². The Labute approximate surface area is 55.2 Å². The molecule has 3 heteroatoms. The molecule has 2 N–H and O–H groups in total. The van der Waals surface area contributed by atoms with Crippen LogP contribution in [0.25, 0.3) is 0 Å². The van der Waals surface area contributed by atoms with Gasteiger partial charge in [0.25, 0.3) is 0 Å². The number of ether oxygens (including phenoxy) is 1. The van der Waals surface area contributed by atoms with Gasteiger partial charge in [0.15, 0.2) is 0 Å². The zero-order valence-corrected chi connectivity index (χ0v) is 6.05. The van der Waals surface area contributed by atoms with Gasteiger partial charge in [-0.15, -0.1) is 0 Å². The molecule has 0 aliphatic carbocycles. The van der Waals surface area contributed by atoms with E-state index in [0.717, 1.165) is 0 Å². The van der Waals surface area contributed by atoms with Crippen LogP contribution >= 0.6 is 0 Å². The molecule has 0 bridgehead atoms. The van der Waals surface area contributed by atoms with E-state index < -0.39 is 0 Å². The monoisotopic (exact) mass is 131 g/mol. The maximum absolute atomic E-state index is 10.7. The molecule has 0 spiro atoms. The second-order valence-electron chi connectivity index (χ2n) is 2.17. The van der Waals surface area contributed by atoms with Crippen molar-refractivity contribution in [1.29, 1.82) is 0 Å². The molecule has 0 aromatic carbocycles. The molecule has 0 aliphatic rings. The SMILES string of the molecule is COC(=O)[C@@H](C)[C@@H](C)N. The molecular weight excluding hydrogens is 118 g/mol. The molecule has 9 heavy (non-hydrogen) atoms. The van der Waals surface area contributed by atoms with Crippen molar-refractivity contribution in [3.63, 3.8) is 0 Å². The summed E-state index contributed by atoms with van der Waals surface area (Å²) in [6.45, 7) is 3.53. The lowest BCUT2D eigenvalue weighted by Crippen LogP contribution is -2.31. The Bertz CT molecular complexity index is 101. The Hall–Kier alpha value is -0.570. The molecule has 0 rings (SSSR count). The Morgan fingerprint density at radius 2 is 2.00 bits per heavy atom. The summed E-state index contributed by atoms with van der Waals surface area (Å²) in [5.41, 5.74) is 5.41. The van der Waals surface area contributed by atoms with E-state index in [0.29, 0.717) is 0 Å². The van der Waals surface area contributed by atoms with Crippen molar-refractivity contribution in [2.75, 3.05) is 7.11 Å². The number of methoxy groups -OCH3 is 1. The zero-order chi connectivity index (χ0) is 7.44. The van der Waals surface area contributed by atoms with E-state index in [1.54, 1.807) is 13.8 Å². The highest BCUT2D eigenvalue weighted by molar-refractivity contribution is 5.72. The molecule has 0 aromatic rings. The minimum absolute atomic E-state index is 0.127. The van der Waals surface area contributed by atoms with Crippen LogP contribution in [-0.4, -0.2) is 19.1 Å². The van der Waals surface area contributed by atoms with E-state index in [2.05, 4.69) is 4.74 Å².